The maximum atomic E-state index is 13.9. The average Bonchev–Trinajstić information content (AvgIpc) is 2.93. The van der Waals surface area contributed by atoms with E-state index in [1.165, 1.54) is 24.3 Å². The lowest BCUT2D eigenvalue weighted by Gasteiger charge is -2.14. The lowest BCUT2D eigenvalue weighted by molar-refractivity contribution is -0.154. The molecule has 0 N–H and O–H groups in total. The summed E-state index contributed by atoms with van der Waals surface area (Å²) in [5.74, 6) is -3.24. The molecule has 0 aliphatic carbocycles. The number of hydrogen-bond acceptors (Lipinski definition) is 5. The molecule has 0 spiro atoms. The number of rotatable bonds is 7. The Balaban J connectivity index is 1.44. The molecule has 0 amide bonds. The van der Waals surface area contributed by atoms with Crippen LogP contribution in [0.2, 0.25) is 0 Å². The van der Waals surface area contributed by atoms with Crippen molar-refractivity contribution in [2.24, 2.45) is 0 Å². The predicted molar refractivity (Wildman–Crippen MR) is 144 cm³/mol. The minimum absolute atomic E-state index is 0.0635. The first-order valence-corrected chi connectivity index (χ1v) is 12.5. The van der Waals surface area contributed by atoms with Gasteiger partial charge in [-0.2, -0.15) is 13.2 Å². The minimum Gasteiger partial charge on any atom is -0.449 e. The first-order valence-electron chi connectivity index (χ1n) is 12.5. The number of esters is 1. The van der Waals surface area contributed by atoms with Gasteiger partial charge in [0.15, 0.2) is 0 Å². The molecule has 5 aromatic rings. The zero-order valence-corrected chi connectivity index (χ0v) is 21.3. The number of hydrogen-bond donors (Lipinski definition) is 0. The van der Waals surface area contributed by atoms with E-state index in [1.807, 2.05) is 42.5 Å². The van der Waals surface area contributed by atoms with E-state index >= 15 is 0 Å². The molecular formula is C32H23F3O5. The summed E-state index contributed by atoms with van der Waals surface area (Å²) in [6.45, 7) is 1.74. The zero-order valence-electron chi connectivity index (χ0n) is 21.3. The first-order chi connectivity index (χ1) is 19.2. The Morgan fingerprint density at radius 1 is 0.825 bits per heavy atom. The summed E-state index contributed by atoms with van der Waals surface area (Å²) in [4.78, 5) is 26.1. The molecule has 0 unspecified atom stereocenters. The van der Waals surface area contributed by atoms with Gasteiger partial charge < -0.3 is 13.9 Å². The molecule has 4 aromatic carbocycles. The van der Waals surface area contributed by atoms with Crippen molar-refractivity contribution in [1.29, 1.82) is 0 Å². The standard InChI is InChI=1S/C32H23F3O5/c1-20-8-7-12-23(18-20)38-29-28(36)26-17-16-24(19-27(26)40-30(29)32(33,34)35)39-31(37)25-13-6-5-11-22(25)15-14-21-9-3-2-4-10-21/h2-13,16-19H,14-15H2,1H3. The highest BCUT2D eigenvalue weighted by Crippen LogP contribution is 2.38. The van der Waals surface area contributed by atoms with Gasteiger partial charge in [-0.15, -0.1) is 0 Å². The minimum atomic E-state index is -5.02. The zero-order chi connectivity index (χ0) is 28.3. The van der Waals surface area contributed by atoms with E-state index in [9.17, 15) is 22.8 Å². The van der Waals surface area contributed by atoms with E-state index in [0.29, 0.717) is 18.4 Å². The van der Waals surface area contributed by atoms with E-state index in [-0.39, 0.29) is 16.9 Å². The normalized spacial score (nSPS) is 11.4. The third-order valence-corrected chi connectivity index (χ3v) is 6.26. The Morgan fingerprint density at radius 3 is 2.33 bits per heavy atom. The smallest absolute Gasteiger partial charge is 0.449 e. The molecule has 0 saturated heterocycles. The summed E-state index contributed by atoms with van der Waals surface area (Å²) in [5, 5.41) is -0.154. The van der Waals surface area contributed by atoms with Crippen molar-refractivity contribution >= 4 is 16.9 Å². The van der Waals surface area contributed by atoms with Gasteiger partial charge in [0.1, 0.15) is 17.1 Å². The molecular weight excluding hydrogens is 521 g/mol. The molecule has 1 heterocycles. The van der Waals surface area contributed by atoms with E-state index < -0.39 is 34.7 Å². The molecule has 0 radical (unpaired) electrons. The number of carbonyl (C=O) groups is 1. The van der Waals surface area contributed by atoms with E-state index in [2.05, 4.69) is 0 Å². The van der Waals surface area contributed by atoms with Crippen LogP contribution in [0.5, 0.6) is 17.2 Å². The number of carbonyl (C=O) groups excluding carboxylic acids is 1. The van der Waals surface area contributed by atoms with Crippen molar-refractivity contribution in [3.8, 4) is 17.2 Å². The van der Waals surface area contributed by atoms with Gasteiger partial charge in [0.05, 0.1) is 10.9 Å². The van der Waals surface area contributed by atoms with Crippen LogP contribution in [0.4, 0.5) is 13.2 Å². The molecule has 1 aromatic heterocycles. The molecule has 0 bridgehead atoms. The van der Waals surface area contributed by atoms with Crippen molar-refractivity contribution in [3.63, 3.8) is 0 Å². The van der Waals surface area contributed by atoms with Crippen LogP contribution < -0.4 is 14.9 Å². The highest BCUT2D eigenvalue weighted by atomic mass is 19.4. The number of aryl methyl sites for hydroxylation is 3. The molecule has 0 saturated carbocycles. The summed E-state index contributed by atoms with van der Waals surface area (Å²) in [5.41, 5.74) is 1.56. The topological polar surface area (TPSA) is 65.7 Å². The monoisotopic (exact) mass is 544 g/mol. The average molecular weight is 545 g/mol. The molecule has 0 atom stereocenters. The summed E-state index contributed by atoms with van der Waals surface area (Å²) in [6, 6.07) is 26.7. The largest absolute Gasteiger partial charge is 0.453 e. The van der Waals surface area contributed by atoms with Crippen molar-refractivity contribution in [2.45, 2.75) is 25.9 Å². The Hall–Kier alpha value is -4.85. The lowest BCUT2D eigenvalue weighted by atomic mass is 10.00. The molecule has 5 nitrogen and oxygen atoms in total. The molecule has 0 aliphatic rings. The molecule has 8 heteroatoms. The van der Waals surface area contributed by atoms with Gasteiger partial charge in [-0.3, -0.25) is 4.79 Å². The molecule has 5 rings (SSSR count). The van der Waals surface area contributed by atoms with E-state index in [1.54, 1.807) is 31.2 Å². The molecule has 202 valence electrons. The van der Waals surface area contributed by atoms with E-state index in [0.717, 1.165) is 22.8 Å². The fraction of sp³-hybridized carbons (Fsp3) is 0.125. The summed E-state index contributed by atoms with van der Waals surface area (Å²) in [6.07, 6.45) is -3.73. The van der Waals surface area contributed by atoms with Gasteiger partial charge in [-0.1, -0.05) is 60.7 Å². The van der Waals surface area contributed by atoms with Gasteiger partial charge in [0.25, 0.3) is 5.76 Å². The van der Waals surface area contributed by atoms with Crippen molar-refractivity contribution in [2.75, 3.05) is 0 Å². The molecule has 0 aliphatic heterocycles. The third kappa shape index (κ3) is 5.91. The van der Waals surface area contributed by atoms with Gasteiger partial charge in [0, 0.05) is 6.07 Å². The highest BCUT2D eigenvalue weighted by molar-refractivity contribution is 5.93. The highest BCUT2D eigenvalue weighted by Gasteiger charge is 2.40. The quantitative estimate of drug-likeness (QED) is 0.154. The van der Waals surface area contributed by atoms with Gasteiger partial charge in [-0.25, -0.2) is 4.79 Å². The number of benzene rings is 4. The van der Waals surface area contributed by atoms with Crippen LogP contribution in [0.3, 0.4) is 0 Å². The van der Waals surface area contributed by atoms with Crippen LogP contribution in [0, 0.1) is 6.92 Å². The SMILES string of the molecule is Cc1cccc(Oc2c(C(F)(F)F)oc3cc(OC(=O)c4ccccc4CCc4ccccc4)ccc3c2=O)c1. The fourth-order valence-corrected chi connectivity index (χ4v) is 4.32. The second-order valence-electron chi connectivity index (χ2n) is 9.20. The van der Waals surface area contributed by atoms with Crippen LogP contribution >= 0.6 is 0 Å². The molecule has 40 heavy (non-hydrogen) atoms. The maximum absolute atomic E-state index is 13.9. The van der Waals surface area contributed by atoms with E-state index in [4.69, 9.17) is 13.9 Å². The first kappa shape index (κ1) is 26.7. The Morgan fingerprint density at radius 2 is 1.57 bits per heavy atom. The second-order valence-corrected chi connectivity index (χ2v) is 9.20. The maximum Gasteiger partial charge on any atom is 0.453 e. The van der Waals surface area contributed by atoms with Crippen LogP contribution in [0.15, 0.2) is 106 Å². The number of halogens is 3. The van der Waals surface area contributed by atoms with Crippen molar-refractivity contribution in [1.82, 2.24) is 0 Å². The number of ether oxygens (including phenoxy) is 2. The second kappa shape index (κ2) is 11.1. The summed E-state index contributed by atoms with van der Waals surface area (Å²) < 4.78 is 57.7. The van der Waals surface area contributed by atoms with Crippen LogP contribution in [-0.2, 0) is 19.0 Å². The number of alkyl halides is 3. The van der Waals surface area contributed by atoms with Crippen molar-refractivity contribution in [3.05, 3.63) is 135 Å². The molecule has 0 fully saturated rings. The van der Waals surface area contributed by atoms with Gasteiger partial charge >= 0.3 is 12.1 Å². The van der Waals surface area contributed by atoms with Crippen LogP contribution in [0.1, 0.15) is 32.8 Å². The Bertz CT molecular complexity index is 1740. The summed E-state index contributed by atoms with van der Waals surface area (Å²) >= 11 is 0. The number of fused-ring (bicyclic) bond motifs is 1. The van der Waals surface area contributed by atoms with Gasteiger partial charge in [0.2, 0.25) is 11.2 Å². The lowest BCUT2D eigenvalue weighted by Crippen LogP contribution is -2.16. The van der Waals surface area contributed by atoms with Crippen LogP contribution in [0.25, 0.3) is 11.0 Å². The Labute approximate surface area is 227 Å². The summed E-state index contributed by atoms with van der Waals surface area (Å²) in [7, 11) is 0. The van der Waals surface area contributed by atoms with Crippen molar-refractivity contribution < 1.29 is 31.9 Å². The van der Waals surface area contributed by atoms with Gasteiger partial charge in [-0.05, 0) is 66.8 Å². The third-order valence-electron chi connectivity index (χ3n) is 6.26. The fourth-order valence-electron chi connectivity index (χ4n) is 4.32. The van der Waals surface area contributed by atoms with Crippen LogP contribution in [-0.4, -0.2) is 5.97 Å². The Kier molecular flexibility index (Phi) is 7.42. The predicted octanol–water partition coefficient (Wildman–Crippen LogP) is 7.92.